The van der Waals surface area contributed by atoms with Crippen molar-refractivity contribution in [2.45, 2.75) is 43.4 Å². The summed E-state index contributed by atoms with van der Waals surface area (Å²) in [6.07, 6.45) is 8.03. The Morgan fingerprint density at radius 2 is 2.05 bits per heavy atom. The average Bonchev–Trinajstić information content (AvgIpc) is 2.87. The van der Waals surface area contributed by atoms with Gasteiger partial charge >= 0.3 is 0 Å². The third-order valence-corrected chi connectivity index (χ3v) is 6.04. The van der Waals surface area contributed by atoms with Gasteiger partial charge in [0.05, 0.1) is 10.5 Å². The van der Waals surface area contributed by atoms with Gasteiger partial charge in [0.15, 0.2) is 0 Å². The molecular formula is C16H20Cl2N2S. The quantitative estimate of drug-likeness (QED) is 0.700. The number of benzene rings is 1. The van der Waals surface area contributed by atoms with Crippen LogP contribution in [0, 0.1) is 0 Å². The molecule has 0 radical (unpaired) electrons. The molecule has 3 rings (SSSR count). The van der Waals surface area contributed by atoms with E-state index in [4.69, 9.17) is 28.2 Å². The monoisotopic (exact) mass is 342 g/mol. The lowest BCUT2D eigenvalue weighted by atomic mass is 9.94. The van der Waals surface area contributed by atoms with Crippen molar-refractivity contribution in [1.29, 1.82) is 0 Å². The van der Waals surface area contributed by atoms with Crippen molar-refractivity contribution in [2.75, 3.05) is 12.1 Å². The Hall–Kier alpha value is -0.380. The Morgan fingerprint density at radius 3 is 2.71 bits per heavy atom. The summed E-state index contributed by atoms with van der Waals surface area (Å²) in [6.45, 7) is 0. The summed E-state index contributed by atoms with van der Waals surface area (Å²) in [7, 11) is 0. The number of rotatable bonds is 4. The van der Waals surface area contributed by atoms with E-state index in [0.717, 1.165) is 33.6 Å². The maximum absolute atomic E-state index is 6.31. The predicted molar refractivity (Wildman–Crippen MR) is 94.0 cm³/mol. The van der Waals surface area contributed by atoms with Gasteiger partial charge in [-0.15, -0.1) is 11.6 Å². The smallest absolute Gasteiger partial charge is 0.111 e. The number of nitrogens with zero attached hydrogens (tertiary/aromatic N) is 2. The van der Waals surface area contributed by atoms with Gasteiger partial charge in [0, 0.05) is 23.6 Å². The van der Waals surface area contributed by atoms with E-state index in [1.807, 2.05) is 23.9 Å². The zero-order chi connectivity index (χ0) is 14.8. The van der Waals surface area contributed by atoms with E-state index >= 15 is 0 Å². The molecule has 1 aliphatic rings. The lowest BCUT2D eigenvalue weighted by molar-refractivity contribution is 0.359. The second-order valence-corrected chi connectivity index (χ2v) is 7.53. The lowest BCUT2D eigenvalue weighted by Gasteiger charge is -2.30. The molecule has 1 aliphatic carbocycles. The van der Waals surface area contributed by atoms with Crippen LogP contribution < -0.4 is 0 Å². The van der Waals surface area contributed by atoms with Crippen LogP contribution in [0.25, 0.3) is 11.0 Å². The van der Waals surface area contributed by atoms with Crippen LogP contribution in [0.15, 0.2) is 18.2 Å². The topological polar surface area (TPSA) is 17.8 Å². The Bertz CT molecular complexity index is 618. The van der Waals surface area contributed by atoms with Gasteiger partial charge in [-0.1, -0.05) is 17.7 Å². The van der Waals surface area contributed by atoms with Crippen molar-refractivity contribution < 1.29 is 0 Å². The molecule has 1 saturated carbocycles. The highest BCUT2D eigenvalue weighted by atomic mass is 35.5. The first-order valence-electron chi connectivity index (χ1n) is 7.48. The third kappa shape index (κ3) is 3.06. The molecule has 0 amide bonds. The fourth-order valence-corrected chi connectivity index (χ4v) is 4.46. The minimum Gasteiger partial charge on any atom is -0.325 e. The summed E-state index contributed by atoms with van der Waals surface area (Å²) < 4.78 is 2.40. The molecule has 1 aromatic heterocycles. The molecule has 0 unspecified atom stereocenters. The van der Waals surface area contributed by atoms with Crippen LogP contribution in [-0.2, 0) is 6.42 Å². The molecule has 2 nitrogen and oxygen atoms in total. The summed E-state index contributed by atoms with van der Waals surface area (Å²) >= 11 is 14.3. The fraction of sp³-hybridized carbons (Fsp3) is 0.562. The minimum atomic E-state index is 0.537. The number of aromatic nitrogens is 2. The molecule has 0 atom stereocenters. The molecule has 0 bridgehead atoms. The molecule has 0 saturated heterocycles. The van der Waals surface area contributed by atoms with Crippen molar-refractivity contribution in [3.63, 3.8) is 0 Å². The number of thioether (sulfide) groups is 1. The van der Waals surface area contributed by atoms with E-state index in [9.17, 15) is 0 Å². The minimum absolute atomic E-state index is 0.537. The molecule has 114 valence electrons. The van der Waals surface area contributed by atoms with Gasteiger partial charge in [-0.2, -0.15) is 11.8 Å². The number of fused-ring (bicyclic) bond motifs is 1. The molecule has 21 heavy (non-hydrogen) atoms. The van der Waals surface area contributed by atoms with E-state index in [0.29, 0.717) is 11.9 Å². The Labute approximate surface area is 140 Å². The number of para-hydroxylation sites is 1. The SMILES string of the molecule is CSC1CCC(n2c(CCCl)nc3c(Cl)cccc32)CC1. The normalized spacial score (nSPS) is 22.8. The second kappa shape index (κ2) is 6.80. The lowest BCUT2D eigenvalue weighted by Crippen LogP contribution is -2.21. The van der Waals surface area contributed by atoms with Crippen LogP contribution in [0.3, 0.4) is 0 Å². The first kappa shape index (κ1) is 15.5. The van der Waals surface area contributed by atoms with Crippen molar-refractivity contribution in [3.8, 4) is 0 Å². The fourth-order valence-electron chi connectivity index (χ4n) is 3.34. The summed E-state index contributed by atoms with van der Waals surface area (Å²) in [4.78, 5) is 4.76. The van der Waals surface area contributed by atoms with Crippen molar-refractivity contribution in [1.82, 2.24) is 9.55 Å². The van der Waals surface area contributed by atoms with Gasteiger partial charge < -0.3 is 4.57 Å². The molecule has 1 heterocycles. The Balaban J connectivity index is 2.00. The molecule has 5 heteroatoms. The number of aryl methyl sites for hydroxylation is 1. The first-order chi connectivity index (χ1) is 10.2. The molecule has 0 aliphatic heterocycles. The van der Waals surface area contributed by atoms with Gasteiger partial charge in [-0.3, -0.25) is 0 Å². The molecule has 0 N–H and O–H groups in total. The van der Waals surface area contributed by atoms with Gasteiger partial charge in [0.1, 0.15) is 11.3 Å². The Kier molecular flexibility index (Phi) is 5.03. The number of alkyl halides is 1. The van der Waals surface area contributed by atoms with E-state index in [1.165, 1.54) is 25.7 Å². The maximum Gasteiger partial charge on any atom is 0.111 e. The zero-order valence-corrected chi connectivity index (χ0v) is 14.5. The van der Waals surface area contributed by atoms with E-state index in [1.54, 1.807) is 0 Å². The van der Waals surface area contributed by atoms with E-state index in [-0.39, 0.29) is 0 Å². The number of imidazole rings is 1. The molecule has 1 aromatic carbocycles. The van der Waals surface area contributed by atoms with E-state index < -0.39 is 0 Å². The van der Waals surface area contributed by atoms with Crippen LogP contribution in [0.5, 0.6) is 0 Å². The summed E-state index contributed by atoms with van der Waals surface area (Å²) in [5, 5.41) is 1.55. The Morgan fingerprint density at radius 1 is 1.29 bits per heavy atom. The van der Waals surface area contributed by atoms with Crippen LogP contribution in [0.4, 0.5) is 0 Å². The average molecular weight is 343 g/mol. The van der Waals surface area contributed by atoms with Crippen molar-refractivity contribution in [2.24, 2.45) is 0 Å². The summed E-state index contributed by atoms with van der Waals surface area (Å²) in [5.74, 6) is 1.68. The number of halogens is 2. The summed E-state index contributed by atoms with van der Waals surface area (Å²) in [5.41, 5.74) is 2.08. The number of hydrogen-bond donors (Lipinski definition) is 0. The highest BCUT2D eigenvalue weighted by Crippen LogP contribution is 2.37. The van der Waals surface area contributed by atoms with E-state index in [2.05, 4.69) is 16.9 Å². The number of hydrogen-bond acceptors (Lipinski definition) is 2. The molecule has 2 aromatic rings. The second-order valence-electron chi connectivity index (χ2n) is 5.61. The first-order valence-corrected chi connectivity index (χ1v) is 9.68. The van der Waals surface area contributed by atoms with Crippen LogP contribution in [0.2, 0.25) is 5.02 Å². The van der Waals surface area contributed by atoms with Gasteiger partial charge in [-0.05, 0) is 44.1 Å². The highest BCUT2D eigenvalue weighted by Gasteiger charge is 2.25. The largest absolute Gasteiger partial charge is 0.325 e. The van der Waals surface area contributed by atoms with Gasteiger partial charge in [0.25, 0.3) is 0 Å². The van der Waals surface area contributed by atoms with Crippen molar-refractivity contribution >= 4 is 46.0 Å². The van der Waals surface area contributed by atoms with Crippen LogP contribution in [-0.4, -0.2) is 26.9 Å². The van der Waals surface area contributed by atoms with Crippen LogP contribution >= 0.6 is 35.0 Å². The standard InChI is InChI=1S/C16H20Cl2N2S/c1-21-12-7-5-11(6-8-12)20-14-4-2-3-13(18)16(14)19-15(20)9-10-17/h2-4,11-12H,5-10H2,1H3. The highest BCUT2D eigenvalue weighted by molar-refractivity contribution is 7.99. The van der Waals surface area contributed by atoms with Crippen LogP contribution in [0.1, 0.15) is 37.5 Å². The molecule has 0 spiro atoms. The molecular weight excluding hydrogens is 323 g/mol. The van der Waals surface area contributed by atoms with Crippen molar-refractivity contribution in [3.05, 3.63) is 29.0 Å². The van der Waals surface area contributed by atoms with Gasteiger partial charge in [-0.25, -0.2) is 4.98 Å². The van der Waals surface area contributed by atoms with Gasteiger partial charge in [0.2, 0.25) is 0 Å². The predicted octanol–water partition coefficient (Wildman–Crippen LogP) is 5.32. The summed E-state index contributed by atoms with van der Waals surface area (Å²) in [6, 6.07) is 6.60. The molecule has 1 fully saturated rings. The third-order valence-electron chi connectivity index (χ3n) is 4.40. The maximum atomic E-state index is 6.31. The zero-order valence-electron chi connectivity index (χ0n) is 12.2.